The van der Waals surface area contributed by atoms with Crippen LogP contribution in [0.2, 0.25) is 0 Å². The van der Waals surface area contributed by atoms with Crippen molar-refractivity contribution in [3.63, 3.8) is 0 Å². The van der Waals surface area contributed by atoms with E-state index >= 15 is 0 Å². The van der Waals surface area contributed by atoms with E-state index in [2.05, 4.69) is 15.1 Å². The molecule has 20 heavy (non-hydrogen) atoms. The van der Waals surface area contributed by atoms with Crippen molar-refractivity contribution in [3.8, 4) is 5.69 Å². The minimum atomic E-state index is 0.0892. The molecule has 0 fully saturated rings. The number of carbonyl (C=O) groups is 1. The van der Waals surface area contributed by atoms with E-state index in [9.17, 15) is 4.79 Å². The first-order valence-electron chi connectivity index (χ1n) is 6.20. The van der Waals surface area contributed by atoms with Crippen LogP contribution in [-0.4, -0.2) is 44.7 Å². The highest BCUT2D eigenvalue weighted by Crippen LogP contribution is 2.20. The monoisotopic (exact) mass is 291 g/mol. The average molecular weight is 291 g/mol. The third-order valence-corrected chi connectivity index (χ3v) is 3.55. The van der Waals surface area contributed by atoms with Crippen molar-refractivity contribution in [2.75, 3.05) is 24.0 Å². The van der Waals surface area contributed by atoms with Crippen molar-refractivity contribution in [3.05, 3.63) is 30.6 Å². The maximum Gasteiger partial charge on any atom is 0.227 e. The Bertz CT molecular complexity index is 584. The molecule has 0 aliphatic rings. The summed E-state index contributed by atoms with van der Waals surface area (Å²) in [6.07, 6.45) is 9.17. The quantitative estimate of drug-likeness (QED) is 0.838. The van der Waals surface area contributed by atoms with Crippen LogP contribution < -0.4 is 4.90 Å². The predicted molar refractivity (Wildman–Crippen MR) is 80.3 cm³/mol. The molecule has 0 aromatic carbocycles. The number of aryl methyl sites for hydroxylation is 1. The first-order valence-corrected chi connectivity index (χ1v) is 7.60. The SMILES string of the molecule is CSCCC(=O)N(C)c1cn(-c2cncnc2)nc1C. The molecule has 2 rings (SSSR count). The zero-order valence-corrected chi connectivity index (χ0v) is 12.6. The highest BCUT2D eigenvalue weighted by atomic mass is 32.2. The van der Waals surface area contributed by atoms with E-state index < -0.39 is 0 Å². The highest BCUT2D eigenvalue weighted by Gasteiger charge is 2.16. The van der Waals surface area contributed by atoms with Crippen molar-refractivity contribution in [2.45, 2.75) is 13.3 Å². The van der Waals surface area contributed by atoms with Gasteiger partial charge in [-0.25, -0.2) is 14.6 Å². The standard InChI is InChI=1S/C13H17N5OS/c1-10-12(17(2)13(19)4-5-20-3)8-18(16-10)11-6-14-9-15-7-11/h6-9H,4-5H2,1-3H3. The third-order valence-electron chi connectivity index (χ3n) is 2.94. The lowest BCUT2D eigenvalue weighted by Gasteiger charge is -2.15. The lowest BCUT2D eigenvalue weighted by Crippen LogP contribution is -2.26. The van der Waals surface area contributed by atoms with E-state index in [-0.39, 0.29) is 5.91 Å². The van der Waals surface area contributed by atoms with E-state index in [1.54, 1.807) is 40.8 Å². The topological polar surface area (TPSA) is 63.9 Å². The van der Waals surface area contributed by atoms with Crippen LogP contribution in [0.1, 0.15) is 12.1 Å². The number of hydrogen-bond donors (Lipinski definition) is 0. The van der Waals surface area contributed by atoms with E-state index in [1.807, 2.05) is 19.4 Å². The van der Waals surface area contributed by atoms with Crippen LogP contribution in [0, 0.1) is 6.92 Å². The van der Waals surface area contributed by atoms with Gasteiger partial charge in [-0.05, 0) is 13.2 Å². The Morgan fingerprint density at radius 2 is 2.10 bits per heavy atom. The second-order valence-corrected chi connectivity index (χ2v) is 5.32. The van der Waals surface area contributed by atoms with Gasteiger partial charge in [0.25, 0.3) is 0 Å². The summed E-state index contributed by atoms with van der Waals surface area (Å²) in [7, 11) is 1.78. The van der Waals surface area contributed by atoms with Gasteiger partial charge in [0.15, 0.2) is 0 Å². The number of anilines is 1. The molecular weight excluding hydrogens is 274 g/mol. The Labute approximate surface area is 122 Å². The van der Waals surface area contributed by atoms with Crippen molar-refractivity contribution in [1.29, 1.82) is 0 Å². The minimum absolute atomic E-state index is 0.0892. The van der Waals surface area contributed by atoms with Crippen molar-refractivity contribution >= 4 is 23.4 Å². The van der Waals surface area contributed by atoms with Crippen molar-refractivity contribution in [1.82, 2.24) is 19.7 Å². The van der Waals surface area contributed by atoms with E-state index in [1.165, 1.54) is 6.33 Å². The number of nitrogens with zero attached hydrogens (tertiary/aromatic N) is 5. The number of hydrogen-bond acceptors (Lipinski definition) is 5. The lowest BCUT2D eigenvalue weighted by molar-refractivity contribution is -0.117. The molecule has 0 atom stereocenters. The summed E-state index contributed by atoms with van der Waals surface area (Å²) >= 11 is 1.66. The van der Waals surface area contributed by atoms with Gasteiger partial charge in [-0.1, -0.05) is 0 Å². The lowest BCUT2D eigenvalue weighted by atomic mass is 10.3. The maximum absolute atomic E-state index is 12.1. The molecule has 2 heterocycles. The fourth-order valence-electron chi connectivity index (χ4n) is 1.81. The van der Waals surface area contributed by atoms with Crippen LogP contribution in [0.4, 0.5) is 5.69 Å². The summed E-state index contributed by atoms with van der Waals surface area (Å²) in [5, 5.41) is 4.40. The number of aromatic nitrogens is 4. The first kappa shape index (κ1) is 14.5. The Kier molecular flexibility index (Phi) is 4.73. The van der Waals surface area contributed by atoms with Crippen molar-refractivity contribution < 1.29 is 4.79 Å². The molecule has 0 saturated heterocycles. The number of thioether (sulfide) groups is 1. The molecular formula is C13H17N5OS. The first-order chi connectivity index (χ1) is 9.63. The van der Waals surface area contributed by atoms with Crippen LogP contribution in [0.25, 0.3) is 5.69 Å². The Balaban J connectivity index is 2.21. The molecule has 0 bridgehead atoms. The molecule has 0 aliphatic heterocycles. The van der Waals surface area contributed by atoms with Gasteiger partial charge < -0.3 is 4.90 Å². The molecule has 0 aliphatic carbocycles. The van der Waals surface area contributed by atoms with Crippen LogP contribution in [0.3, 0.4) is 0 Å². The van der Waals surface area contributed by atoms with Crippen LogP contribution in [0.5, 0.6) is 0 Å². The smallest absolute Gasteiger partial charge is 0.227 e. The fraction of sp³-hybridized carbons (Fsp3) is 0.385. The molecule has 2 aromatic heterocycles. The molecule has 0 radical (unpaired) electrons. The molecule has 0 saturated carbocycles. The Morgan fingerprint density at radius 3 is 2.75 bits per heavy atom. The highest BCUT2D eigenvalue weighted by molar-refractivity contribution is 7.98. The molecule has 2 aromatic rings. The van der Waals surface area contributed by atoms with Crippen LogP contribution in [0.15, 0.2) is 24.9 Å². The second-order valence-electron chi connectivity index (χ2n) is 4.34. The summed E-state index contributed by atoms with van der Waals surface area (Å²) in [5.74, 6) is 0.911. The van der Waals surface area contributed by atoms with E-state index in [0.717, 1.165) is 22.8 Å². The fourth-order valence-corrected chi connectivity index (χ4v) is 2.19. The van der Waals surface area contributed by atoms with Gasteiger partial charge in [0.2, 0.25) is 5.91 Å². The Hall–Kier alpha value is -1.89. The summed E-state index contributed by atoms with van der Waals surface area (Å²) in [5.41, 5.74) is 2.38. The number of carbonyl (C=O) groups excluding carboxylic acids is 1. The second kappa shape index (κ2) is 6.51. The average Bonchev–Trinajstić information content (AvgIpc) is 2.87. The summed E-state index contributed by atoms with van der Waals surface area (Å²) < 4.78 is 1.68. The third kappa shape index (κ3) is 3.16. The molecule has 106 valence electrons. The van der Waals surface area contributed by atoms with Gasteiger partial charge in [-0.2, -0.15) is 16.9 Å². The number of rotatable bonds is 5. The van der Waals surface area contributed by atoms with Gasteiger partial charge in [-0.15, -0.1) is 0 Å². The predicted octanol–water partition coefficient (Wildman–Crippen LogP) is 1.69. The molecule has 7 heteroatoms. The Morgan fingerprint density at radius 1 is 1.40 bits per heavy atom. The zero-order valence-electron chi connectivity index (χ0n) is 11.8. The summed E-state index contributed by atoms with van der Waals surface area (Å²) in [6, 6.07) is 0. The molecule has 1 amide bonds. The van der Waals surface area contributed by atoms with E-state index in [4.69, 9.17) is 0 Å². The normalized spacial score (nSPS) is 10.6. The summed E-state index contributed by atoms with van der Waals surface area (Å²) in [6.45, 7) is 1.88. The number of amides is 1. The van der Waals surface area contributed by atoms with Crippen molar-refractivity contribution in [2.24, 2.45) is 0 Å². The minimum Gasteiger partial charge on any atom is -0.312 e. The maximum atomic E-state index is 12.1. The van der Waals surface area contributed by atoms with Gasteiger partial charge in [0.05, 0.1) is 30.0 Å². The van der Waals surface area contributed by atoms with Crippen LogP contribution in [-0.2, 0) is 4.79 Å². The summed E-state index contributed by atoms with van der Waals surface area (Å²) in [4.78, 5) is 21.6. The van der Waals surface area contributed by atoms with Crippen LogP contribution >= 0.6 is 11.8 Å². The van der Waals surface area contributed by atoms with E-state index in [0.29, 0.717) is 6.42 Å². The van der Waals surface area contributed by atoms with Gasteiger partial charge >= 0.3 is 0 Å². The molecule has 0 unspecified atom stereocenters. The van der Waals surface area contributed by atoms with Gasteiger partial charge in [-0.3, -0.25) is 4.79 Å². The largest absolute Gasteiger partial charge is 0.312 e. The molecule has 0 N–H and O–H groups in total. The molecule has 0 spiro atoms. The van der Waals surface area contributed by atoms with Gasteiger partial charge in [0, 0.05) is 19.2 Å². The zero-order chi connectivity index (χ0) is 14.5. The van der Waals surface area contributed by atoms with Gasteiger partial charge in [0.1, 0.15) is 12.0 Å². The molecule has 6 nitrogen and oxygen atoms in total.